The fourth-order valence-electron chi connectivity index (χ4n) is 2.32. The number of rotatable bonds is 2. The summed E-state index contributed by atoms with van der Waals surface area (Å²) in [7, 11) is 0. The van der Waals surface area contributed by atoms with E-state index in [0.717, 1.165) is 3.57 Å². The summed E-state index contributed by atoms with van der Waals surface area (Å²) in [5, 5.41) is 19.4. The minimum Gasteiger partial charge on any atom is -0.394 e. The Morgan fingerprint density at radius 2 is 2.42 bits per heavy atom. The zero-order chi connectivity index (χ0) is 13.6. The first kappa shape index (κ1) is 13.0. The maximum Gasteiger partial charge on any atom is 0.261 e. The molecule has 3 N–H and O–H groups in total. The standard InChI is InChI=1S/C11H12IN3O4/c12-5-2-15(8-1-6(17)7(3-16)19-8)10-9(5)11(18)14-4-13-10/h2,4,6-8,16-17H,1,3H2,(H,13,14,18)/t6-,7?,8-/m1/s1. The van der Waals surface area contributed by atoms with E-state index in [1.807, 2.05) is 0 Å². The van der Waals surface area contributed by atoms with Crippen LogP contribution in [0.1, 0.15) is 12.6 Å². The number of aliphatic hydroxyl groups is 2. The van der Waals surface area contributed by atoms with Crippen molar-refractivity contribution in [2.75, 3.05) is 6.61 Å². The molecule has 102 valence electrons. The van der Waals surface area contributed by atoms with E-state index in [4.69, 9.17) is 9.84 Å². The first-order valence-corrected chi connectivity index (χ1v) is 6.87. The lowest BCUT2D eigenvalue weighted by Crippen LogP contribution is -2.24. The Balaban J connectivity index is 2.08. The molecular weight excluding hydrogens is 365 g/mol. The van der Waals surface area contributed by atoms with Gasteiger partial charge in [-0.2, -0.15) is 0 Å². The Kier molecular flexibility index (Phi) is 3.33. The van der Waals surface area contributed by atoms with E-state index in [0.29, 0.717) is 17.5 Å². The second-order valence-corrected chi connectivity index (χ2v) is 5.59. The van der Waals surface area contributed by atoms with Gasteiger partial charge in [-0.1, -0.05) is 0 Å². The minimum atomic E-state index is -0.716. The fourth-order valence-corrected chi connectivity index (χ4v) is 3.11. The number of halogens is 1. The molecule has 3 atom stereocenters. The van der Waals surface area contributed by atoms with Crippen LogP contribution in [0.25, 0.3) is 11.0 Å². The first-order chi connectivity index (χ1) is 9.11. The van der Waals surface area contributed by atoms with Crippen molar-refractivity contribution in [3.63, 3.8) is 0 Å². The van der Waals surface area contributed by atoms with Crippen molar-refractivity contribution in [1.82, 2.24) is 14.5 Å². The monoisotopic (exact) mass is 377 g/mol. The number of hydrogen-bond acceptors (Lipinski definition) is 5. The Labute approximate surface area is 121 Å². The van der Waals surface area contributed by atoms with Crippen LogP contribution in [0, 0.1) is 3.57 Å². The van der Waals surface area contributed by atoms with Gasteiger partial charge in [0.15, 0.2) is 0 Å². The Morgan fingerprint density at radius 1 is 1.63 bits per heavy atom. The zero-order valence-electron chi connectivity index (χ0n) is 9.78. The summed E-state index contributed by atoms with van der Waals surface area (Å²) in [5.74, 6) is 0. The van der Waals surface area contributed by atoms with E-state index < -0.39 is 18.4 Å². The van der Waals surface area contributed by atoms with E-state index in [2.05, 4.69) is 32.6 Å². The smallest absolute Gasteiger partial charge is 0.261 e. The second kappa shape index (κ2) is 4.85. The van der Waals surface area contributed by atoms with E-state index in [1.165, 1.54) is 6.33 Å². The summed E-state index contributed by atoms with van der Waals surface area (Å²) >= 11 is 2.06. The van der Waals surface area contributed by atoms with Gasteiger partial charge in [0.2, 0.25) is 0 Å². The summed E-state index contributed by atoms with van der Waals surface area (Å²) < 4.78 is 8.08. The van der Waals surface area contributed by atoms with Gasteiger partial charge in [-0.25, -0.2) is 4.98 Å². The van der Waals surface area contributed by atoms with Gasteiger partial charge in [0.25, 0.3) is 5.56 Å². The lowest BCUT2D eigenvalue weighted by molar-refractivity contribution is -0.0430. The lowest BCUT2D eigenvalue weighted by Gasteiger charge is -2.14. The van der Waals surface area contributed by atoms with Crippen LogP contribution in [0.2, 0.25) is 0 Å². The van der Waals surface area contributed by atoms with Crippen molar-refractivity contribution < 1.29 is 14.9 Å². The summed E-state index contributed by atoms with van der Waals surface area (Å²) in [6, 6.07) is 0. The third-order valence-corrected chi connectivity index (χ3v) is 4.08. The number of aromatic nitrogens is 3. The third-order valence-electron chi connectivity index (χ3n) is 3.26. The molecule has 1 fully saturated rings. The molecular formula is C11H12IN3O4. The molecule has 2 aromatic heterocycles. The highest BCUT2D eigenvalue weighted by Gasteiger charge is 2.35. The van der Waals surface area contributed by atoms with E-state index >= 15 is 0 Å². The van der Waals surface area contributed by atoms with Crippen LogP contribution in [-0.4, -0.2) is 43.6 Å². The molecule has 0 radical (unpaired) electrons. The van der Waals surface area contributed by atoms with E-state index in [-0.39, 0.29) is 12.2 Å². The van der Waals surface area contributed by atoms with Gasteiger partial charge in [-0.05, 0) is 22.6 Å². The maximum atomic E-state index is 11.8. The number of fused-ring (bicyclic) bond motifs is 1. The molecule has 7 nitrogen and oxygen atoms in total. The summed E-state index contributed by atoms with van der Waals surface area (Å²) in [5.41, 5.74) is 0.314. The number of H-pyrrole nitrogens is 1. The van der Waals surface area contributed by atoms with Gasteiger partial charge in [0, 0.05) is 16.2 Å². The summed E-state index contributed by atoms with van der Waals surface area (Å²) in [4.78, 5) is 18.5. The Morgan fingerprint density at radius 3 is 3.11 bits per heavy atom. The molecule has 2 aromatic rings. The number of aromatic amines is 1. The molecule has 1 saturated heterocycles. The highest BCUT2D eigenvalue weighted by Crippen LogP contribution is 2.32. The largest absolute Gasteiger partial charge is 0.394 e. The van der Waals surface area contributed by atoms with Crippen LogP contribution in [0.3, 0.4) is 0 Å². The van der Waals surface area contributed by atoms with Crippen LogP contribution < -0.4 is 5.56 Å². The zero-order valence-corrected chi connectivity index (χ0v) is 11.9. The molecule has 0 aromatic carbocycles. The van der Waals surface area contributed by atoms with Crippen LogP contribution in [-0.2, 0) is 4.74 Å². The molecule has 1 aliphatic heterocycles. The van der Waals surface area contributed by atoms with Crippen molar-refractivity contribution in [3.05, 3.63) is 26.4 Å². The average Bonchev–Trinajstić information content (AvgIpc) is 2.91. The highest BCUT2D eigenvalue weighted by molar-refractivity contribution is 14.1. The van der Waals surface area contributed by atoms with Gasteiger partial charge in [0.1, 0.15) is 18.0 Å². The molecule has 0 bridgehead atoms. The van der Waals surface area contributed by atoms with Crippen LogP contribution in [0.4, 0.5) is 0 Å². The molecule has 3 heterocycles. The van der Waals surface area contributed by atoms with Gasteiger partial charge in [0.05, 0.1) is 24.4 Å². The van der Waals surface area contributed by atoms with Crippen LogP contribution in [0.15, 0.2) is 17.3 Å². The molecule has 19 heavy (non-hydrogen) atoms. The number of ether oxygens (including phenoxy) is 1. The summed E-state index contributed by atoms with van der Waals surface area (Å²) in [6.45, 7) is -0.234. The van der Waals surface area contributed by atoms with Gasteiger partial charge < -0.3 is 24.5 Å². The fraction of sp³-hybridized carbons (Fsp3) is 0.455. The van der Waals surface area contributed by atoms with Crippen molar-refractivity contribution in [2.45, 2.75) is 24.9 Å². The topological polar surface area (TPSA) is 100 Å². The molecule has 1 aliphatic rings. The molecule has 0 spiro atoms. The SMILES string of the molecule is O=c1[nH]cnc2c1c(I)cn2[C@H]1C[C@@H](O)C(CO)O1. The molecule has 8 heteroatoms. The first-order valence-electron chi connectivity index (χ1n) is 5.80. The predicted molar refractivity (Wildman–Crippen MR) is 74.7 cm³/mol. The quantitative estimate of drug-likeness (QED) is 0.639. The molecule has 3 rings (SSSR count). The minimum absolute atomic E-state index is 0.203. The van der Waals surface area contributed by atoms with Gasteiger partial charge in [-0.15, -0.1) is 0 Å². The predicted octanol–water partition coefficient (Wildman–Crippen LogP) is -0.0301. The van der Waals surface area contributed by atoms with E-state index in [9.17, 15) is 9.90 Å². The number of hydrogen-bond donors (Lipinski definition) is 3. The lowest BCUT2D eigenvalue weighted by atomic mass is 10.2. The Bertz CT molecular complexity index is 667. The Hall–Kier alpha value is -0.970. The normalized spacial score (nSPS) is 27.2. The maximum absolute atomic E-state index is 11.8. The van der Waals surface area contributed by atoms with Crippen molar-refractivity contribution in [3.8, 4) is 0 Å². The highest BCUT2D eigenvalue weighted by atomic mass is 127. The van der Waals surface area contributed by atoms with Gasteiger partial charge in [-0.3, -0.25) is 4.79 Å². The summed E-state index contributed by atoms with van der Waals surface area (Å²) in [6.07, 6.45) is 1.73. The molecule has 0 amide bonds. The van der Waals surface area contributed by atoms with Crippen molar-refractivity contribution >= 4 is 33.6 Å². The van der Waals surface area contributed by atoms with Gasteiger partial charge >= 0.3 is 0 Å². The van der Waals surface area contributed by atoms with Crippen LogP contribution in [0.5, 0.6) is 0 Å². The van der Waals surface area contributed by atoms with Crippen molar-refractivity contribution in [1.29, 1.82) is 0 Å². The number of aliphatic hydroxyl groups excluding tert-OH is 2. The average molecular weight is 377 g/mol. The molecule has 0 saturated carbocycles. The second-order valence-electron chi connectivity index (χ2n) is 4.43. The molecule has 0 aliphatic carbocycles. The molecule has 1 unspecified atom stereocenters. The number of nitrogens with one attached hydrogen (secondary N) is 1. The van der Waals surface area contributed by atoms with Crippen molar-refractivity contribution in [2.24, 2.45) is 0 Å². The van der Waals surface area contributed by atoms with E-state index in [1.54, 1.807) is 10.8 Å². The van der Waals surface area contributed by atoms with Crippen LogP contribution >= 0.6 is 22.6 Å². The number of nitrogens with zero attached hydrogens (tertiary/aromatic N) is 2. The third kappa shape index (κ3) is 2.08.